The van der Waals surface area contributed by atoms with Crippen LogP contribution in [0.25, 0.3) is 20.2 Å². The molecule has 0 unspecified atom stereocenters. The number of hydrogen-bond acceptors (Lipinski definition) is 7. The van der Waals surface area contributed by atoms with E-state index in [1.54, 1.807) is 30.3 Å². The lowest BCUT2D eigenvalue weighted by Crippen LogP contribution is -2.31. The quantitative estimate of drug-likeness (QED) is 0.127. The summed E-state index contributed by atoms with van der Waals surface area (Å²) in [6, 6.07) is 20.9. The molecule has 0 radical (unpaired) electrons. The molecule has 0 aliphatic rings. The van der Waals surface area contributed by atoms with Gasteiger partial charge in [-0.25, -0.2) is 25.6 Å². The molecule has 0 amide bonds. The van der Waals surface area contributed by atoms with Crippen LogP contribution in [-0.2, 0) is 45.5 Å². The molecular formula is C37H28BrF8N3O4S4. The molecule has 0 atom stereocenters. The minimum atomic E-state index is -4.91. The zero-order valence-electron chi connectivity index (χ0n) is 29.4. The van der Waals surface area contributed by atoms with E-state index in [2.05, 4.69) is 15.9 Å². The summed E-state index contributed by atoms with van der Waals surface area (Å²) in [6.07, 6.45) is -9.78. The van der Waals surface area contributed by atoms with E-state index in [1.807, 2.05) is 24.3 Å². The number of anilines is 2. The molecular weight excluding hydrogens is 911 g/mol. The molecule has 6 aromatic rings. The summed E-state index contributed by atoms with van der Waals surface area (Å²) in [5, 5.41) is 11.4. The maximum absolute atomic E-state index is 13.6. The zero-order valence-corrected chi connectivity index (χ0v) is 34.3. The highest BCUT2D eigenvalue weighted by Gasteiger charge is 2.36. The van der Waals surface area contributed by atoms with Crippen LogP contribution in [0.3, 0.4) is 0 Å². The lowest BCUT2D eigenvalue weighted by atomic mass is 10.1. The first-order chi connectivity index (χ1) is 26.6. The van der Waals surface area contributed by atoms with Crippen LogP contribution in [0, 0.1) is 23.0 Å². The number of nitrogens with zero attached hydrogens (tertiary/aromatic N) is 3. The van der Waals surface area contributed by atoms with Crippen molar-refractivity contribution in [3.05, 3.63) is 129 Å². The predicted octanol–water partition coefficient (Wildman–Crippen LogP) is 11.5. The average Bonchev–Trinajstić information content (AvgIpc) is 3.70. The predicted molar refractivity (Wildman–Crippen MR) is 210 cm³/mol. The molecule has 302 valence electrons. The molecule has 0 bridgehead atoms. The van der Waals surface area contributed by atoms with Gasteiger partial charge in [-0.15, -0.1) is 22.7 Å². The maximum Gasteiger partial charge on any atom is 0.419 e. The van der Waals surface area contributed by atoms with Gasteiger partial charge in [0.15, 0.2) is 0 Å². The van der Waals surface area contributed by atoms with Gasteiger partial charge in [-0.3, -0.25) is 8.61 Å². The minimum Gasteiger partial charge on any atom is -0.255 e. The Labute approximate surface area is 338 Å². The molecule has 0 N–H and O–H groups in total. The number of alkyl halides is 6. The van der Waals surface area contributed by atoms with Crippen LogP contribution >= 0.6 is 38.6 Å². The highest BCUT2D eigenvalue weighted by Crippen LogP contribution is 2.44. The van der Waals surface area contributed by atoms with Gasteiger partial charge in [-0.1, -0.05) is 48.5 Å². The van der Waals surface area contributed by atoms with Gasteiger partial charge in [0.1, 0.15) is 27.7 Å². The number of hydrogen-bond donors (Lipinski definition) is 0. The van der Waals surface area contributed by atoms with Crippen molar-refractivity contribution in [2.75, 3.05) is 20.1 Å². The number of fused-ring (bicyclic) bond motifs is 2. The molecule has 0 saturated heterocycles. The molecule has 6 rings (SSSR count). The Morgan fingerprint density at radius 2 is 1.05 bits per heavy atom. The second kappa shape index (κ2) is 16.9. The highest BCUT2D eigenvalue weighted by atomic mass is 79.9. The first-order valence-corrected chi connectivity index (χ1v) is 22.1. The highest BCUT2D eigenvalue weighted by molar-refractivity contribution is 9.10. The van der Waals surface area contributed by atoms with E-state index in [1.165, 1.54) is 25.2 Å². The van der Waals surface area contributed by atoms with Crippen LogP contribution in [0.4, 0.5) is 45.1 Å². The van der Waals surface area contributed by atoms with Crippen molar-refractivity contribution >= 4 is 88.8 Å². The molecule has 0 spiro atoms. The van der Waals surface area contributed by atoms with Gasteiger partial charge in [0.25, 0.3) is 0 Å². The molecule has 0 saturated carbocycles. The van der Waals surface area contributed by atoms with Crippen molar-refractivity contribution in [1.82, 2.24) is 0 Å². The molecule has 7 nitrogen and oxygen atoms in total. The lowest BCUT2D eigenvalue weighted by Gasteiger charge is -2.23. The summed E-state index contributed by atoms with van der Waals surface area (Å²) in [4.78, 5) is 0. The molecule has 2 heterocycles. The van der Waals surface area contributed by atoms with E-state index in [9.17, 15) is 57.2 Å². The van der Waals surface area contributed by atoms with Gasteiger partial charge in [-0.2, -0.15) is 31.6 Å². The molecule has 0 fully saturated rings. The SMILES string of the molecule is CCS(=O)(=O)N(Cc1ccc(F)c(C(F)(F)F)c1)c1sc2ccccc2c1Br.CCS(=O)(=O)N(Cc1ccc(F)c(C(F)(F)F)c1)c1sc2ccccc2c1C#N. The first kappa shape index (κ1) is 43.8. The molecule has 0 aliphatic carbocycles. The molecule has 0 aliphatic heterocycles. The Hall–Kier alpha value is -4.29. The van der Waals surface area contributed by atoms with Crippen molar-refractivity contribution in [1.29, 1.82) is 5.26 Å². The van der Waals surface area contributed by atoms with Crippen LogP contribution in [-0.4, -0.2) is 28.3 Å². The van der Waals surface area contributed by atoms with Crippen molar-refractivity contribution < 1.29 is 52.0 Å². The monoisotopic (exact) mass is 937 g/mol. The van der Waals surface area contributed by atoms with Gasteiger partial charge in [-0.05, 0) is 77.3 Å². The summed E-state index contributed by atoms with van der Waals surface area (Å²) >= 11 is 5.68. The maximum atomic E-state index is 13.6. The van der Waals surface area contributed by atoms with Crippen molar-refractivity contribution in [3.63, 3.8) is 0 Å². The number of rotatable bonds is 10. The van der Waals surface area contributed by atoms with Gasteiger partial charge in [0.05, 0.1) is 45.8 Å². The fourth-order valence-corrected chi connectivity index (χ4v) is 11.5. The summed E-state index contributed by atoms with van der Waals surface area (Å²) in [6.45, 7) is 2.05. The topological polar surface area (TPSA) is 98.6 Å². The zero-order chi connectivity index (χ0) is 42.1. The Morgan fingerprint density at radius 3 is 1.47 bits per heavy atom. The van der Waals surface area contributed by atoms with Crippen LogP contribution in [0.5, 0.6) is 0 Å². The smallest absolute Gasteiger partial charge is 0.255 e. The normalized spacial score (nSPS) is 12.3. The van der Waals surface area contributed by atoms with Crippen molar-refractivity contribution in [3.8, 4) is 6.07 Å². The van der Waals surface area contributed by atoms with Crippen LogP contribution in [0.1, 0.15) is 41.7 Å². The van der Waals surface area contributed by atoms with E-state index in [0.717, 1.165) is 42.2 Å². The van der Waals surface area contributed by atoms with Crippen LogP contribution < -0.4 is 8.61 Å². The third kappa shape index (κ3) is 9.54. The van der Waals surface area contributed by atoms with Gasteiger partial charge in [0.2, 0.25) is 20.0 Å². The Morgan fingerprint density at radius 1 is 0.649 bits per heavy atom. The molecule has 2 aromatic heterocycles. The van der Waals surface area contributed by atoms with Crippen LogP contribution in [0.15, 0.2) is 89.4 Å². The van der Waals surface area contributed by atoms with Crippen molar-refractivity contribution in [2.24, 2.45) is 0 Å². The first-order valence-electron chi connectivity index (χ1n) is 16.4. The Kier molecular flexibility index (Phi) is 13.0. The second-order valence-corrected chi connectivity index (χ2v) is 19.3. The average molecular weight is 939 g/mol. The Bertz CT molecular complexity index is 2710. The fourth-order valence-electron chi connectivity index (χ4n) is 5.49. The van der Waals surface area contributed by atoms with Gasteiger partial charge < -0.3 is 0 Å². The van der Waals surface area contributed by atoms with E-state index in [0.29, 0.717) is 43.8 Å². The third-order valence-electron chi connectivity index (χ3n) is 8.39. The third-order valence-corrected chi connectivity index (χ3v) is 15.5. The number of halogens is 9. The standard InChI is InChI=1S/C19H14F4N2O2S2.C18H14BrF4NO2S2/c1-2-29(26,27)25(11-12-7-8-16(20)15(9-12)19(21,22)23)18-14(10-24)13-5-3-4-6-17(13)28-18;1-2-28(25,26)24(17-16(19)12-5-3-4-6-15(12)27-17)10-11-7-8-14(20)13(9-11)18(21,22)23/h3-9H,2,11H2,1H3;3-9H,2,10H2,1H3. The van der Waals surface area contributed by atoms with Crippen molar-refractivity contribution in [2.45, 2.75) is 39.3 Å². The molecule has 4 aromatic carbocycles. The van der Waals surface area contributed by atoms with E-state index >= 15 is 0 Å². The largest absolute Gasteiger partial charge is 0.419 e. The number of thiophene rings is 2. The van der Waals surface area contributed by atoms with E-state index < -0.39 is 61.7 Å². The van der Waals surface area contributed by atoms with Crippen LogP contribution in [0.2, 0.25) is 0 Å². The minimum absolute atomic E-state index is 0.0371. The summed E-state index contributed by atoms with van der Waals surface area (Å²) < 4.78 is 160. The number of benzene rings is 4. The molecule has 20 heteroatoms. The van der Waals surface area contributed by atoms with Gasteiger partial charge >= 0.3 is 12.4 Å². The summed E-state index contributed by atoms with van der Waals surface area (Å²) in [7, 11) is -7.73. The Balaban J connectivity index is 0.000000218. The van der Waals surface area contributed by atoms with Gasteiger partial charge in [0, 0.05) is 20.2 Å². The summed E-state index contributed by atoms with van der Waals surface area (Å²) in [5.74, 6) is -3.39. The fraction of sp³-hybridized carbons (Fsp3) is 0.216. The second-order valence-electron chi connectivity index (χ2n) is 12.0. The lowest BCUT2D eigenvalue weighted by molar-refractivity contribution is -0.140. The number of sulfonamides is 2. The number of nitriles is 1. The molecule has 57 heavy (non-hydrogen) atoms. The summed E-state index contributed by atoms with van der Waals surface area (Å²) in [5.41, 5.74) is -2.78. The van der Waals surface area contributed by atoms with E-state index in [-0.39, 0.29) is 39.7 Å². The van der Waals surface area contributed by atoms with E-state index in [4.69, 9.17) is 0 Å².